The largest absolute Gasteiger partial charge is 0.480 e. The van der Waals surface area contributed by atoms with Crippen LogP contribution in [0, 0.1) is 0 Å². The Balaban J connectivity index is 1.35. The Morgan fingerprint density at radius 2 is 1.92 bits per heavy atom. The average Bonchev–Trinajstić information content (AvgIpc) is 3.32. The number of pyridine rings is 1. The van der Waals surface area contributed by atoms with Crippen molar-refractivity contribution in [3.63, 3.8) is 0 Å². The van der Waals surface area contributed by atoms with E-state index in [1.165, 1.54) is 10.5 Å². The zero-order valence-corrected chi connectivity index (χ0v) is 22.0. The Morgan fingerprint density at radius 1 is 1.17 bits per heavy atom. The number of nitrogens with zero attached hydrogens (tertiary/aromatic N) is 2. The van der Waals surface area contributed by atoms with Crippen molar-refractivity contribution in [3.8, 4) is 0 Å². The summed E-state index contributed by atoms with van der Waals surface area (Å²) in [5, 5.41) is 15.6. The molecular formula is C27H42N4O5. The van der Waals surface area contributed by atoms with Crippen molar-refractivity contribution in [2.45, 2.75) is 109 Å². The van der Waals surface area contributed by atoms with Crippen LogP contribution in [0.2, 0.25) is 0 Å². The summed E-state index contributed by atoms with van der Waals surface area (Å²) < 4.78 is 5.40. The fourth-order valence-electron chi connectivity index (χ4n) is 4.80. The fraction of sp³-hybridized carbons (Fsp3) is 0.704. The third-order valence-electron chi connectivity index (χ3n) is 6.68. The van der Waals surface area contributed by atoms with Gasteiger partial charge in [0.2, 0.25) is 5.91 Å². The highest BCUT2D eigenvalue weighted by atomic mass is 16.6. The summed E-state index contributed by atoms with van der Waals surface area (Å²) in [6, 6.07) is 2.67. The van der Waals surface area contributed by atoms with Crippen molar-refractivity contribution in [1.82, 2.24) is 15.2 Å². The first-order valence-electron chi connectivity index (χ1n) is 13.4. The minimum absolute atomic E-state index is 0.373. The molecular weight excluding hydrogens is 460 g/mol. The maximum Gasteiger partial charge on any atom is 0.410 e. The molecule has 3 N–H and O–H groups in total. The Labute approximate surface area is 214 Å². The number of aromatic nitrogens is 1. The number of unbranched alkanes of at least 4 members (excludes halogenated alkanes) is 4. The van der Waals surface area contributed by atoms with E-state index in [9.17, 15) is 19.5 Å². The van der Waals surface area contributed by atoms with Crippen LogP contribution in [0.3, 0.4) is 0 Å². The maximum atomic E-state index is 12.8. The molecule has 1 aromatic rings. The first-order valence-corrected chi connectivity index (χ1v) is 13.4. The number of carboxylic acid groups (broad SMARTS) is 1. The predicted molar refractivity (Wildman–Crippen MR) is 138 cm³/mol. The number of carboxylic acids is 1. The second kappa shape index (κ2) is 12.9. The normalized spacial score (nSPS) is 18.2. The molecule has 0 saturated carbocycles. The summed E-state index contributed by atoms with van der Waals surface area (Å²) in [7, 11) is 0. The highest BCUT2D eigenvalue weighted by Crippen LogP contribution is 2.22. The van der Waals surface area contributed by atoms with Crippen molar-refractivity contribution < 1.29 is 24.2 Å². The van der Waals surface area contributed by atoms with E-state index in [1.54, 1.807) is 20.8 Å². The molecule has 2 atom stereocenters. The fourth-order valence-corrected chi connectivity index (χ4v) is 4.80. The van der Waals surface area contributed by atoms with Gasteiger partial charge in [-0.3, -0.25) is 9.69 Å². The van der Waals surface area contributed by atoms with E-state index in [0.29, 0.717) is 25.8 Å². The molecule has 9 heteroatoms. The van der Waals surface area contributed by atoms with Gasteiger partial charge in [0, 0.05) is 18.8 Å². The van der Waals surface area contributed by atoms with E-state index >= 15 is 0 Å². The van der Waals surface area contributed by atoms with Crippen molar-refractivity contribution in [2.75, 3.05) is 18.4 Å². The van der Waals surface area contributed by atoms with Crippen LogP contribution in [0.1, 0.15) is 89.8 Å². The monoisotopic (exact) mass is 502 g/mol. The van der Waals surface area contributed by atoms with Gasteiger partial charge in [-0.15, -0.1) is 0 Å². The molecule has 1 aromatic heterocycles. The average molecular weight is 503 g/mol. The lowest BCUT2D eigenvalue weighted by atomic mass is 10.0. The highest BCUT2D eigenvalue weighted by molar-refractivity contribution is 5.89. The van der Waals surface area contributed by atoms with E-state index in [-0.39, 0.29) is 0 Å². The van der Waals surface area contributed by atoms with Crippen molar-refractivity contribution in [2.24, 2.45) is 0 Å². The number of fused-ring (bicyclic) bond motifs is 1. The predicted octanol–water partition coefficient (Wildman–Crippen LogP) is 4.29. The summed E-state index contributed by atoms with van der Waals surface area (Å²) in [6.07, 6.45) is 8.98. The van der Waals surface area contributed by atoms with Gasteiger partial charge in [-0.25, -0.2) is 14.6 Å². The third kappa shape index (κ3) is 8.38. The lowest BCUT2D eigenvalue weighted by molar-refractivity contribution is -0.142. The number of amides is 2. The Bertz CT molecular complexity index is 914. The molecule has 0 aromatic carbocycles. The van der Waals surface area contributed by atoms with Gasteiger partial charge in [-0.05, 0) is 77.3 Å². The van der Waals surface area contributed by atoms with Crippen LogP contribution >= 0.6 is 0 Å². The van der Waals surface area contributed by atoms with Crippen LogP contribution in [-0.2, 0) is 27.2 Å². The van der Waals surface area contributed by atoms with Crippen LogP contribution in [0.25, 0.3) is 0 Å². The van der Waals surface area contributed by atoms with Gasteiger partial charge in [0.25, 0.3) is 0 Å². The number of likely N-dealkylation sites (tertiary alicyclic amines) is 1. The molecule has 0 bridgehead atoms. The Hall–Kier alpha value is -2.84. The van der Waals surface area contributed by atoms with E-state index in [1.807, 2.05) is 0 Å². The molecule has 3 rings (SSSR count). The quantitative estimate of drug-likeness (QED) is 0.386. The summed E-state index contributed by atoms with van der Waals surface area (Å²) in [5.41, 5.74) is 1.76. The van der Waals surface area contributed by atoms with Gasteiger partial charge in [0.1, 0.15) is 23.5 Å². The number of nitrogens with one attached hydrogen (secondary N) is 2. The van der Waals surface area contributed by atoms with Crippen LogP contribution in [0.4, 0.5) is 10.6 Å². The zero-order chi connectivity index (χ0) is 26.1. The minimum atomic E-state index is -1.04. The van der Waals surface area contributed by atoms with Crippen molar-refractivity contribution in [3.05, 3.63) is 23.4 Å². The standard InChI is InChI=1S/C27H42N4O5/c1-27(2,3)36-26(35)31-18-10-14-22(31)24(32)30-21(25(33)34)13-8-6-4-5-7-12-20-16-15-19-11-9-17-28-23(19)29-20/h15-16,21-22H,4-14,17-18H2,1-3H3,(H,28,29)(H,30,32)(H,33,34)/t21?,22-/m0/s1. The van der Waals surface area contributed by atoms with E-state index in [4.69, 9.17) is 9.72 Å². The molecule has 0 aliphatic carbocycles. The number of hydrogen-bond donors (Lipinski definition) is 3. The summed E-state index contributed by atoms with van der Waals surface area (Å²) in [6.45, 7) is 6.75. The number of ether oxygens (including phenoxy) is 1. The number of carbonyl (C=O) groups excluding carboxylic acids is 2. The number of aryl methyl sites for hydroxylation is 2. The van der Waals surface area contributed by atoms with Gasteiger partial charge >= 0.3 is 12.1 Å². The number of hydrogen-bond acceptors (Lipinski definition) is 6. The van der Waals surface area contributed by atoms with Gasteiger partial charge in [0.05, 0.1) is 0 Å². The summed E-state index contributed by atoms with van der Waals surface area (Å²) in [5.74, 6) is -0.428. The van der Waals surface area contributed by atoms with Gasteiger partial charge < -0.3 is 20.5 Å². The molecule has 36 heavy (non-hydrogen) atoms. The highest BCUT2D eigenvalue weighted by Gasteiger charge is 2.37. The lowest BCUT2D eigenvalue weighted by Crippen LogP contribution is -2.51. The number of rotatable bonds is 11. The smallest absolute Gasteiger partial charge is 0.410 e. The van der Waals surface area contributed by atoms with Gasteiger partial charge in [-0.1, -0.05) is 31.7 Å². The molecule has 0 radical (unpaired) electrons. The molecule has 2 amide bonds. The van der Waals surface area contributed by atoms with Crippen LogP contribution in [-0.4, -0.2) is 63.7 Å². The molecule has 2 aliphatic heterocycles. The minimum Gasteiger partial charge on any atom is -0.480 e. The van der Waals surface area contributed by atoms with Gasteiger partial charge in [-0.2, -0.15) is 0 Å². The van der Waals surface area contributed by atoms with Crippen LogP contribution < -0.4 is 10.6 Å². The molecule has 2 aliphatic rings. The Morgan fingerprint density at radius 3 is 2.67 bits per heavy atom. The van der Waals surface area contributed by atoms with E-state index in [2.05, 4.69) is 22.8 Å². The lowest BCUT2D eigenvalue weighted by Gasteiger charge is -2.28. The van der Waals surface area contributed by atoms with E-state index in [0.717, 1.165) is 69.4 Å². The molecule has 1 saturated heterocycles. The SMILES string of the molecule is CC(C)(C)OC(=O)N1CCC[C@H]1C(=O)NC(CCCCCCCc1ccc2c(n1)NCCC2)C(=O)O. The molecule has 1 fully saturated rings. The Kier molecular flexibility index (Phi) is 9.96. The molecule has 0 spiro atoms. The van der Waals surface area contributed by atoms with E-state index < -0.39 is 35.7 Å². The molecule has 1 unspecified atom stereocenters. The first-order chi connectivity index (χ1) is 17.1. The van der Waals surface area contributed by atoms with Crippen molar-refractivity contribution >= 4 is 23.8 Å². The second-order valence-corrected chi connectivity index (χ2v) is 10.9. The molecule has 9 nitrogen and oxygen atoms in total. The zero-order valence-electron chi connectivity index (χ0n) is 22.0. The second-order valence-electron chi connectivity index (χ2n) is 10.9. The molecule has 200 valence electrons. The van der Waals surface area contributed by atoms with Crippen LogP contribution in [0.15, 0.2) is 12.1 Å². The topological polar surface area (TPSA) is 121 Å². The van der Waals surface area contributed by atoms with Gasteiger partial charge in [0.15, 0.2) is 0 Å². The maximum absolute atomic E-state index is 12.8. The van der Waals surface area contributed by atoms with Crippen molar-refractivity contribution in [1.29, 1.82) is 0 Å². The third-order valence-corrected chi connectivity index (χ3v) is 6.68. The first kappa shape index (κ1) is 27.7. The number of carbonyl (C=O) groups is 3. The van der Waals surface area contributed by atoms with Crippen LogP contribution in [0.5, 0.6) is 0 Å². The molecule has 3 heterocycles. The number of anilines is 1. The number of aliphatic carboxylic acids is 1. The summed E-state index contributed by atoms with van der Waals surface area (Å²) in [4.78, 5) is 43.1. The summed E-state index contributed by atoms with van der Waals surface area (Å²) >= 11 is 0.